The van der Waals surface area contributed by atoms with Crippen LogP contribution >= 0.6 is 0 Å². The summed E-state index contributed by atoms with van der Waals surface area (Å²) in [6, 6.07) is 5.76. The Kier molecular flexibility index (Phi) is 5.95. The number of fused-ring (bicyclic) bond motifs is 1. The lowest BCUT2D eigenvalue weighted by molar-refractivity contribution is -0.126. The number of ether oxygens (including phenoxy) is 2. The molecule has 4 aliphatic rings. The van der Waals surface area contributed by atoms with Gasteiger partial charge >= 0.3 is 0 Å². The highest BCUT2D eigenvalue weighted by Crippen LogP contribution is 2.33. The first kappa shape index (κ1) is 21.5. The first-order valence-electron chi connectivity index (χ1n) is 11.9. The van der Waals surface area contributed by atoms with Gasteiger partial charge in [-0.2, -0.15) is 0 Å². The number of piperidine rings is 1. The highest BCUT2D eigenvalue weighted by atomic mass is 16.5. The maximum atomic E-state index is 13.0. The molecule has 1 aliphatic carbocycles. The largest absolute Gasteiger partial charge is 0.489 e. The van der Waals surface area contributed by atoms with Gasteiger partial charge in [-0.05, 0) is 55.9 Å². The summed E-state index contributed by atoms with van der Waals surface area (Å²) < 4.78 is 12.0. The number of nitrogens with zero attached hydrogens (tertiary/aromatic N) is 2. The normalized spacial score (nSPS) is 29.3. The zero-order valence-corrected chi connectivity index (χ0v) is 18.8. The number of allylic oxidation sites excluding steroid dienone is 1. The molecule has 32 heavy (non-hydrogen) atoms. The smallest absolute Gasteiger partial charge is 0.255 e. The Bertz CT molecular complexity index is 910. The lowest BCUT2D eigenvalue weighted by Crippen LogP contribution is -2.59. The topological polar surface area (TPSA) is 71.1 Å². The summed E-state index contributed by atoms with van der Waals surface area (Å²) in [5.74, 6) is 0.613. The Labute approximate surface area is 189 Å². The Balaban J connectivity index is 1.29. The van der Waals surface area contributed by atoms with E-state index in [2.05, 4.69) is 16.8 Å². The van der Waals surface area contributed by atoms with E-state index in [1.807, 2.05) is 18.2 Å². The second kappa shape index (κ2) is 8.87. The first-order valence-corrected chi connectivity index (χ1v) is 11.9. The zero-order chi connectivity index (χ0) is 22.2. The van der Waals surface area contributed by atoms with E-state index in [-0.39, 0.29) is 17.9 Å². The zero-order valence-electron chi connectivity index (χ0n) is 18.8. The van der Waals surface area contributed by atoms with Crippen LogP contribution in [0.5, 0.6) is 5.75 Å². The molecule has 7 nitrogen and oxygen atoms in total. The Morgan fingerprint density at radius 1 is 1.09 bits per heavy atom. The number of carbonyl (C=O) groups is 2. The fourth-order valence-corrected chi connectivity index (χ4v) is 5.58. The van der Waals surface area contributed by atoms with Crippen molar-refractivity contribution in [3.8, 4) is 5.75 Å². The molecule has 1 aromatic carbocycles. The van der Waals surface area contributed by atoms with Crippen molar-refractivity contribution in [2.24, 2.45) is 0 Å². The molecule has 7 heteroatoms. The molecule has 0 spiro atoms. The summed E-state index contributed by atoms with van der Waals surface area (Å²) in [4.78, 5) is 29.6. The second-order valence-electron chi connectivity index (χ2n) is 9.57. The van der Waals surface area contributed by atoms with Crippen molar-refractivity contribution in [2.45, 2.75) is 75.8 Å². The van der Waals surface area contributed by atoms with Crippen molar-refractivity contribution in [2.75, 3.05) is 20.2 Å². The number of benzene rings is 1. The Hall–Kier alpha value is -2.38. The van der Waals surface area contributed by atoms with Gasteiger partial charge in [-0.25, -0.2) is 0 Å². The van der Waals surface area contributed by atoms with Crippen LogP contribution in [0.3, 0.4) is 0 Å². The highest BCUT2D eigenvalue weighted by molar-refractivity contribution is 6.01. The number of rotatable bonds is 5. The van der Waals surface area contributed by atoms with Crippen molar-refractivity contribution in [3.05, 3.63) is 41.6 Å². The van der Waals surface area contributed by atoms with Gasteiger partial charge in [0.05, 0.1) is 6.10 Å². The van der Waals surface area contributed by atoms with E-state index in [9.17, 15) is 9.59 Å². The van der Waals surface area contributed by atoms with Crippen LogP contribution in [0.25, 0.3) is 0 Å². The minimum atomic E-state index is -0.434. The molecule has 1 N–H and O–H groups in total. The number of carbonyl (C=O) groups excluding carboxylic acids is 2. The lowest BCUT2D eigenvalue weighted by atomic mass is 9.98. The SMILES string of the molecule is C=C1CCC(N2Cc3cc(O[C@@H]4CCCCC[C@H]4N4CC(OC)C4)ccc3C2=O)C(=O)N1. The van der Waals surface area contributed by atoms with Gasteiger partial charge in [0.25, 0.3) is 5.91 Å². The molecule has 1 unspecified atom stereocenters. The van der Waals surface area contributed by atoms with Crippen LogP contribution < -0.4 is 10.1 Å². The van der Waals surface area contributed by atoms with Crippen molar-refractivity contribution in [1.29, 1.82) is 0 Å². The van der Waals surface area contributed by atoms with Gasteiger partial charge in [0.1, 0.15) is 17.9 Å². The molecule has 2 amide bonds. The van der Waals surface area contributed by atoms with Gasteiger partial charge in [-0.15, -0.1) is 0 Å². The third-order valence-corrected chi connectivity index (χ3v) is 7.49. The minimum absolute atomic E-state index is 0.0715. The molecular formula is C25H33N3O4. The quantitative estimate of drug-likeness (QED) is 0.715. The molecule has 1 aromatic rings. The van der Waals surface area contributed by atoms with Crippen LogP contribution in [0, 0.1) is 0 Å². The van der Waals surface area contributed by atoms with E-state index in [1.165, 1.54) is 19.3 Å². The number of hydrogen-bond acceptors (Lipinski definition) is 5. The molecule has 3 heterocycles. The molecule has 3 atom stereocenters. The highest BCUT2D eigenvalue weighted by Gasteiger charge is 2.40. The van der Waals surface area contributed by atoms with E-state index in [0.717, 1.165) is 42.9 Å². The standard InChI is InChI=1S/C25H33N3O4/c1-16-8-11-22(24(29)26-16)28-13-17-12-18(9-10-20(17)25(28)30)32-23-7-5-3-4-6-21(23)27-14-19(15-27)31-2/h9-10,12,19,21-23H,1,3-8,11,13-15H2,2H3,(H,26,29)/t21-,22?,23-/m1/s1. The fourth-order valence-electron chi connectivity index (χ4n) is 5.58. The van der Waals surface area contributed by atoms with Crippen LogP contribution in [0.2, 0.25) is 0 Å². The molecule has 3 aliphatic heterocycles. The summed E-state index contributed by atoms with van der Waals surface area (Å²) in [7, 11) is 1.78. The fraction of sp³-hybridized carbons (Fsp3) is 0.600. The monoisotopic (exact) mass is 439 g/mol. The van der Waals surface area contributed by atoms with E-state index in [1.54, 1.807) is 12.0 Å². The summed E-state index contributed by atoms with van der Waals surface area (Å²) in [5, 5.41) is 2.79. The van der Waals surface area contributed by atoms with Crippen LogP contribution in [0.1, 0.15) is 60.9 Å². The van der Waals surface area contributed by atoms with Crippen molar-refractivity contribution >= 4 is 11.8 Å². The predicted molar refractivity (Wildman–Crippen MR) is 120 cm³/mol. The van der Waals surface area contributed by atoms with Gasteiger partial charge in [0.2, 0.25) is 5.91 Å². The Morgan fingerprint density at radius 3 is 2.69 bits per heavy atom. The summed E-state index contributed by atoms with van der Waals surface area (Å²) in [5.41, 5.74) is 2.35. The average molecular weight is 440 g/mol. The molecule has 3 fully saturated rings. The summed E-state index contributed by atoms with van der Waals surface area (Å²) in [6.45, 7) is 6.24. The Morgan fingerprint density at radius 2 is 1.91 bits per heavy atom. The van der Waals surface area contributed by atoms with E-state index in [4.69, 9.17) is 9.47 Å². The van der Waals surface area contributed by atoms with Crippen molar-refractivity contribution in [1.82, 2.24) is 15.1 Å². The molecule has 0 bridgehead atoms. The second-order valence-corrected chi connectivity index (χ2v) is 9.57. The number of amides is 2. The third kappa shape index (κ3) is 4.04. The number of methoxy groups -OCH3 is 1. The van der Waals surface area contributed by atoms with Crippen LogP contribution in [0.15, 0.2) is 30.5 Å². The van der Waals surface area contributed by atoms with Gasteiger partial charge in [0, 0.05) is 44.0 Å². The summed E-state index contributed by atoms with van der Waals surface area (Å²) >= 11 is 0. The number of likely N-dealkylation sites (tertiary alicyclic amines) is 1. The predicted octanol–water partition coefficient (Wildman–Crippen LogP) is 2.85. The average Bonchev–Trinajstić information content (AvgIpc) is 2.90. The maximum absolute atomic E-state index is 13.0. The summed E-state index contributed by atoms with van der Waals surface area (Å²) in [6.07, 6.45) is 7.69. The first-order chi connectivity index (χ1) is 15.5. The van der Waals surface area contributed by atoms with Gasteiger partial charge < -0.3 is 19.7 Å². The van der Waals surface area contributed by atoms with Crippen LogP contribution in [0.4, 0.5) is 0 Å². The van der Waals surface area contributed by atoms with Gasteiger partial charge in [-0.3, -0.25) is 14.5 Å². The molecular weight excluding hydrogens is 406 g/mol. The molecule has 2 saturated heterocycles. The minimum Gasteiger partial charge on any atom is -0.489 e. The van der Waals surface area contributed by atoms with E-state index < -0.39 is 6.04 Å². The molecule has 1 saturated carbocycles. The third-order valence-electron chi connectivity index (χ3n) is 7.49. The van der Waals surface area contributed by atoms with Crippen molar-refractivity contribution < 1.29 is 19.1 Å². The molecule has 172 valence electrons. The molecule has 0 aromatic heterocycles. The van der Waals surface area contributed by atoms with E-state index >= 15 is 0 Å². The molecule has 5 rings (SSSR count). The van der Waals surface area contributed by atoms with Gasteiger partial charge in [-0.1, -0.05) is 19.4 Å². The van der Waals surface area contributed by atoms with Crippen LogP contribution in [-0.4, -0.2) is 66.1 Å². The van der Waals surface area contributed by atoms with Crippen molar-refractivity contribution in [3.63, 3.8) is 0 Å². The number of hydrogen-bond donors (Lipinski definition) is 1. The van der Waals surface area contributed by atoms with Gasteiger partial charge in [0.15, 0.2) is 0 Å². The van der Waals surface area contributed by atoms with E-state index in [0.29, 0.717) is 37.1 Å². The lowest BCUT2D eigenvalue weighted by Gasteiger charge is -2.45. The van der Waals surface area contributed by atoms with Crippen LogP contribution in [-0.2, 0) is 16.1 Å². The number of nitrogens with one attached hydrogen (secondary N) is 1. The maximum Gasteiger partial charge on any atom is 0.255 e. The molecule has 0 radical (unpaired) electrons.